The van der Waals surface area contributed by atoms with Crippen molar-refractivity contribution in [1.29, 1.82) is 0 Å². The molecule has 0 radical (unpaired) electrons. The van der Waals surface area contributed by atoms with Crippen LogP contribution in [-0.4, -0.2) is 36.7 Å². The van der Waals surface area contributed by atoms with E-state index in [1.54, 1.807) is 7.11 Å². The molecule has 0 aromatic heterocycles. The molecule has 12 heavy (non-hydrogen) atoms. The summed E-state index contributed by atoms with van der Waals surface area (Å²) in [4.78, 5) is 0. The third kappa shape index (κ3) is 3.71. The largest absolute Gasteiger partial charge is 0.482 e. The van der Waals surface area contributed by atoms with E-state index in [-0.39, 0.29) is 6.29 Å². The molecule has 1 saturated heterocycles. The standard InChI is InChI=1S/C7H12O3S2/c1-8-7(11)12-5-2-6-9-3-4-10-6/h6H,2-5H2,1H3. The first-order valence-electron chi connectivity index (χ1n) is 3.77. The molecule has 5 heteroatoms. The van der Waals surface area contributed by atoms with E-state index in [0.717, 1.165) is 12.2 Å². The van der Waals surface area contributed by atoms with Gasteiger partial charge in [-0.15, -0.1) is 0 Å². The van der Waals surface area contributed by atoms with Gasteiger partial charge in [0.25, 0.3) is 0 Å². The summed E-state index contributed by atoms with van der Waals surface area (Å²) in [7, 11) is 1.58. The molecular formula is C7H12O3S2. The number of rotatable bonds is 3. The lowest BCUT2D eigenvalue weighted by molar-refractivity contribution is -0.0421. The van der Waals surface area contributed by atoms with E-state index in [1.165, 1.54) is 11.8 Å². The Hall–Kier alpha value is 0.160. The summed E-state index contributed by atoms with van der Waals surface area (Å²) in [6, 6.07) is 0. The lowest BCUT2D eigenvalue weighted by Gasteiger charge is -2.07. The summed E-state index contributed by atoms with van der Waals surface area (Å²) in [5.74, 6) is 0.886. The third-order valence-electron chi connectivity index (χ3n) is 1.43. The zero-order valence-electron chi connectivity index (χ0n) is 6.95. The van der Waals surface area contributed by atoms with Crippen LogP contribution >= 0.6 is 24.0 Å². The van der Waals surface area contributed by atoms with Gasteiger partial charge in [0.05, 0.1) is 20.3 Å². The van der Waals surface area contributed by atoms with Crippen LogP contribution in [0.5, 0.6) is 0 Å². The Bertz CT molecular complexity index is 146. The molecule has 70 valence electrons. The average molecular weight is 208 g/mol. The van der Waals surface area contributed by atoms with Crippen molar-refractivity contribution in [3.8, 4) is 0 Å². The number of hydrogen-bond acceptors (Lipinski definition) is 5. The van der Waals surface area contributed by atoms with E-state index >= 15 is 0 Å². The minimum Gasteiger partial charge on any atom is -0.482 e. The molecule has 0 saturated carbocycles. The van der Waals surface area contributed by atoms with E-state index in [1.807, 2.05) is 0 Å². The third-order valence-corrected chi connectivity index (χ3v) is 2.79. The molecule has 0 bridgehead atoms. The van der Waals surface area contributed by atoms with Crippen LogP contribution in [0, 0.1) is 0 Å². The molecule has 0 aromatic rings. The second-order valence-electron chi connectivity index (χ2n) is 2.26. The molecule has 0 atom stereocenters. The number of methoxy groups -OCH3 is 1. The van der Waals surface area contributed by atoms with Crippen molar-refractivity contribution in [3.63, 3.8) is 0 Å². The zero-order valence-corrected chi connectivity index (χ0v) is 8.58. The Balaban J connectivity index is 1.97. The monoisotopic (exact) mass is 208 g/mol. The summed E-state index contributed by atoms with van der Waals surface area (Å²) < 4.78 is 15.9. The molecule has 0 amide bonds. The quantitative estimate of drug-likeness (QED) is 0.654. The van der Waals surface area contributed by atoms with E-state index < -0.39 is 0 Å². The lowest BCUT2D eigenvalue weighted by atomic mass is 10.5. The summed E-state index contributed by atoms with van der Waals surface area (Å²) in [5, 5.41) is 0. The smallest absolute Gasteiger partial charge is 0.219 e. The van der Waals surface area contributed by atoms with Gasteiger partial charge in [-0.1, -0.05) is 11.8 Å². The van der Waals surface area contributed by atoms with Gasteiger partial charge in [0.1, 0.15) is 0 Å². The van der Waals surface area contributed by atoms with Crippen molar-refractivity contribution in [1.82, 2.24) is 0 Å². The van der Waals surface area contributed by atoms with Crippen LogP contribution in [0.4, 0.5) is 0 Å². The Morgan fingerprint density at radius 1 is 1.58 bits per heavy atom. The predicted molar refractivity (Wildman–Crippen MR) is 52.4 cm³/mol. The summed E-state index contributed by atoms with van der Waals surface area (Å²) in [5.41, 5.74) is 0. The van der Waals surface area contributed by atoms with Crippen LogP contribution in [0.3, 0.4) is 0 Å². The fourth-order valence-corrected chi connectivity index (χ4v) is 1.72. The molecule has 0 aromatic carbocycles. The first kappa shape index (κ1) is 10.2. The Labute approximate surface area is 81.7 Å². The molecule has 0 N–H and O–H groups in total. The minimum absolute atomic E-state index is 0.0304. The van der Waals surface area contributed by atoms with Gasteiger partial charge < -0.3 is 14.2 Å². The normalized spacial score (nSPS) is 18.1. The van der Waals surface area contributed by atoms with Crippen molar-refractivity contribution in [2.24, 2.45) is 0 Å². The molecular weight excluding hydrogens is 196 g/mol. The Morgan fingerprint density at radius 2 is 2.25 bits per heavy atom. The van der Waals surface area contributed by atoms with Crippen LogP contribution in [0.2, 0.25) is 0 Å². The molecule has 1 rings (SSSR count). The van der Waals surface area contributed by atoms with Crippen molar-refractivity contribution in [2.45, 2.75) is 12.7 Å². The van der Waals surface area contributed by atoms with Gasteiger partial charge in [0.15, 0.2) is 6.29 Å². The minimum atomic E-state index is -0.0304. The van der Waals surface area contributed by atoms with Gasteiger partial charge in [-0.3, -0.25) is 0 Å². The Kier molecular flexibility index (Phi) is 4.90. The highest BCUT2D eigenvalue weighted by atomic mass is 32.2. The molecule has 0 spiro atoms. The molecule has 1 aliphatic rings. The van der Waals surface area contributed by atoms with Crippen molar-refractivity contribution < 1.29 is 14.2 Å². The number of ether oxygens (including phenoxy) is 3. The second-order valence-corrected chi connectivity index (χ2v) is 3.96. The first-order valence-corrected chi connectivity index (χ1v) is 5.16. The average Bonchev–Trinajstić information content (AvgIpc) is 2.57. The summed E-state index contributed by atoms with van der Waals surface area (Å²) in [6.45, 7) is 1.42. The topological polar surface area (TPSA) is 27.7 Å². The number of hydrogen-bond donors (Lipinski definition) is 0. The molecule has 0 unspecified atom stereocenters. The Morgan fingerprint density at radius 3 is 2.83 bits per heavy atom. The maximum atomic E-state index is 5.25. The van der Waals surface area contributed by atoms with Crippen molar-refractivity contribution >= 4 is 28.4 Å². The van der Waals surface area contributed by atoms with Crippen molar-refractivity contribution in [2.75, 3.05) is 26.1 Å². The van der Waals surface area contributed by atoms with E-state index in [0.29, 0.717) is 17.6 Å². The molecule has 1 fully saturated rings. The van der Waals surface area contributed by atoms with E-state index in [2.05, 4.69) is 0 Å². The fraction of sp³-hybridized carbons (Fsp3) is 0.857. The van der Waals surface area contributed by atoms with E-state index in [9.17, 15) is 0 Å². The number of thioether (sulfide) groups is 1. The van der Waals surface area contributed by atoms with Crippen LogP contribution in [0.25, 0.3) is 0 Å². The van der Waals surface area contributed by atoms with E-state index in [4.69, 9.17) is 26.4 Å². The van der Waals surface area contributed by atoms with Gasteiger partial charge in [-0.25, -0.2) is 0 Å². The lowest BCUT2D eigenvalue weighted by Crippen LogP contribution is -2.09. The van der Waals surface area contributed by atoms with Crippen LogP contribution < -0.4 is 0 Å². The van der Waals surface area contributed by atoms with Gasteiger partial charge >= 0.3 is 0 Å². The highest BCUT2D eigenvalue weighted by molar-refractivity contribution is 8.22. The van der Waals surface area contributed by atoms with Crippen molar-refractivity contribution in [3.05, 3.63) is 0 Å². The van der Waals surface area contributed by atoms with Gasteiger partial charge in [-0.2, -0.15) is 0 Å². The van der Waals surface area contributed by atoms with Gasteiger partial charge in [0.2, 0.25) is 4.38 Å². The maximum absolute atomic E-state index is 5.25. The highest BCUT2D eigenvalue weighted by Crippen LogP contribution is 2.13. The molecule has 1 heterocycles. The van der Waals surface area contributed by atoms with Gasteiger partial charge in [0, 0.05) is 12.2 Å². The summed E-state index contributed by atoms with van der Waals surface area (Å²) in [6.07, 6.45) is 0.839. The van der Waals surface area contributed by atoms with Crippen LogP contribution in [-0.2, 0) is 14.2 Å². The SMILES string of the molecule is COC(=S)SCCC1OCCO1. The molecule has 3 nitrogen and oxygen atoms in total. The van der Waals surface area contributed by atoms with Crippen LogP contribution in [0.1, 0.15) is 6.42 Å². The zero-order chi connectivity index (χ0) is 8.81. The van der Waals surface area contributed by atoms with Gasteiger partial charge in [-0.05, 0) is 12.2 Å². The maximum Gasteiger partial charge on any atom is 0.219 e. The first-order chi connectivity index (χ1) is 5.83. The number of thiocarbonyl (C=S) groups is 1. The molecule has 0 aliphatic carbocycles. The fourth-order valence-electron chi connectivity index (χ4n) is 0.871. The second kappa shape index (κ2) is 5.75. The van der Waals surface area contributed by atoms with Crippen LogP contribution in [0.15, 0.2) is 0 Å². The summed E-state index contributed by atoms with van der Waals surface area (Å²) >= 11 is 6.37. The predicted octanol–water partition coefficient (Wildman–Crippen LogP) is 1.41. The highest BCUT2D eigenvalue weighted by Gasteiger charge is 2.15. The molecule has 1 aliphatic heterocycles.